The van der Waals surface area contributed by atoms with Gasteiger partial charge in [-0.1, -0.05) is 18.7 Å². The molecule has 1 aromatic heterocycles. The lowest BCUT2D eigenvalue weighted by atomic mass is 10.0. The monoisotopic (exact) mass is 369 g/mol. The summed E-state index contributed by atoms with van der Waals surface area (Å²) in [5.74, 6) is 0.383. The first-order valence-electron chi connectivity index (χ1n) is 7.70. The first kappa shape index (κ1) is 17.3. The minimum atomic E-state index is -1.08. The molecule has 0 spiro atoms. The number of amides is 1. The van der Waals surface area contributed by atoms with Gasteiger partial charge in [0.1, 0.15) is 17.1 Å². The van der Waals surface area contributed by atoms with Crippen LogP contribution in [-0.2, 0) is 22.6 Å². The summed E-state index contributed by atoms with van der Waals surface area (Å²) in [6, 6.07) is -0.603. The summed E-state index contributed by atoms with van der Waals surface area (Å²) in [5, 5.41) is 14.4. The second-order valence-corrected chi connectivity index (χ2v) is 7.51. The Labute approximate surface area is 147 Å². The summed E-state index contributed by atoms with van der Waals surface area (Å²) < 4.78 is 1.81. The van der Waals surface area contributed by atoms with Gasteiger partial charge >= 0.3 is 5.97 Å². The summed E-state index contributed by atoms with van der Waals surface area (Å²) in [6.45, 7) is 4.68. The molecule has 0 aromatic carbocycles. The molecule has 0 saturated carbocycles. The zero-order valence-electron chi connectivity index (χ0n) is 13.4. The second kappa shape index (κ2) is 6.77. The molecular formula is C14H19N5O3S2. The molecule has 8 nitrogen and oxygen atoms in total. The van der Waals surface area contributed by atoms with Crippen molar-refractivity contribution in [2.45, 2.75) is 43.4 Å². The van der Waals surface area contributed by atoms with Crippen LogP contribution in [0.2, 0.25) is 0 Å². The number of β-lactam (4-membered cyclic amide) rings is 1. The second-order valence-electron chi connectivity index (χ2n) is 5.46. The summed E-state index contributed by atoms with van der Waals surface area (Å²) in [7, 11) is 0. The van der Waals surface area contributed by atoms with E-state index in [0.717, 1.165) is 23.0 Å². The number of nitrogens with zero attached hydrogens (tertiary/aromatic N) is 4. The van der Waals surface area contributed by atoms with E-state index >= 15 is 0 Å². The van der Waals surface area contributed by atoms with Gasteiger partial charge < -0.3 is 10.8 Å². The highest BCUT2D eigenvalue weighted by Crippen LogP contribution is 2.40. The standard InChI is InChI=1S/C14H19N5O3S2/c1-3-8-16-14(18(4-2)17-8)24-6-7-5-23-12-9(15)11(20)19(12)10(7)13(21)22/h9,12H,3-6,15H2,1-2H3,(H,21,22). The fourth-order valence-electron chi connectivity index (χ4n) is 2.68. The Morgan fingerprint density at radius 1 is 1.50 bits per heavy atom. The average molecular weight is 369 g/mol. The van der Waals surface area contributed by atoms with Crippen molar-refractivity contribution in [3.05, 3.63) is 17.1 Å². The number of carboxylic acids is 1. The van der Waals surface area contributed by atoms with Crippen molar-refractivity contribution in [2.75, 3.05) is 11.5 Å². The highest BCUT2D eigenvalue weighted by atomic mass is 32.2. The topological polar surface area (TPSA) is 114 Å². The molecule has 1 aromatic rings. The molecule has 1 saturated heterocycles. The van der Waals surface area contributed by atoms with Crippen molar-refractivity contribution in [3.63, 3.8) is 0 Å². The number of aryl methyl sites for hydroxylation is 2. The van der Waals surface area contributed by atoms with Crippen LogP contribution in [0.25, 0.3) is 0 Å². The Hall–Kier alpha value is -1.52. The van der Waals surface area contributed by atoms with E-state index in [9.17, 15) is 14.7 Å². The quantitative estimate of drug-likeness (QED) is 0.551. The minimum absolute atomic E-state index is 0.0798. The number of nitrogens with two attached hydrogens (primary N) is 1. The summed E-state index contributed by atoms with van der Waals surface area (Å²) in [6.07, 6.45) is 0.751. The fraction of sp³-hybridized carbons (Fsp3) is 0.571. The zero-order valence-corrected chi connectivity index (χ0v) is 15.1. The smallest absolute Gasteiger partial charge is 0.352 e. The molecule has 1 amide bonds. The number of carbonyl (C=O) groups excluding carboxylic acids is 1. The fourth-order valence-corrected chi connectivity index (χ4v) is 5.13. The van der Waals surface area contributed by atoms with Crippen LogP contribution >= 0.6 is 23.5 Å². The molecule has 3 rings (SSSR count). The first-order chi connectivity index (χ1) is 11.5. The van der Waals surface area contributed by atoms with Crippen LogP contribution in [0.1, 0.15) is 19.7 Å². The molecule has 10 heteroatoms. The predicted octanol–water partition coefficient (Wildman–Crippen LogP) is 0.534. The van der Waals surface area contributed by atoms with Gasteiger partial charge in [-0.15, -0.1) is 11.8 Å². The Morgan fingerprint density at radius 2 is 2.25 bits per heavy atom. The van der Waals surface area contributed by atoms with E-state index in [1.165, 1.54) is 28.4 Å². The van der Waals surface area contributed by atoms with E-state index in [0.29, 0.717) is 18.1 Å². The number of hydrogen-bond donors (Lipinski definition) is 2. The van der Waals surface area contributed by atoms with Crippen LogP contribution in [0.3, 0.4) is 0 Å². The van der Waals surface area contributed by atoms with Gasteiger partial charge in [-0.2, -0.15) is 5.10 Å². The van der Waals surface area contributed by atoms with Crippen LogP contribution in [0.5, 0.6) is 0 Å². The van der Waals surface area contributed by atoms with Crippen molar-refractivity contribution < 1.29 is 14.7 Å². The van der Waals surface area contributed by atoms with Gasteiger partial charge in [-0.25, -0.2) is 14.5 Å². The first-order valence-corrected chi connectivity index (χ1v) is 9.73. The Balaban J connectivity index is 1.81. The Morgan fingerprint density at radius 3 is 2.88 bits per heavy atom. The molecule has 24 heavy (non-hydrogen) atoms. The lowest BCUT2D eigenvalue weighted by Crippen LogP contribution is -2.68. The van der Waals surface area contributed by atoms with Gasteiger partial charge in [-0.05, 0) is 12.5 Å². The SMILES string of the molecule is CCc1nc(SCC2=C(C(=O)O)N3C(=O)C(N)C3SC2)n(CC)n1. The van der Waals surface area contributed by atoms with E-state index < -0.39 is 12.0 Å². The molecule has 0 aliphatic carbocycles. The van der Waals surface area contributed by atoms with Gasteiger partial charge in [0.15, 0.2) is 11.0 Å². The lowest BCUT2D eigenvalue weighted by molar-refractivity contribution is -0.147. The minimum Gasteiger partial charge on any atom is -0.477 e. The molecule has 2 atom stereocenters. The molecule has 130 valence electrons. The van der Waals surface area contributed by atoms with Crippen molar-refractivity contribution in [1.82, 2.24) is 19.7 Å². The highest BCUT2D eigenvalue weighted by Gasteiger charge is 2.51. The van der Waals surface area contributed by atoms with Crippen LogP contribution in [0.4, 0.5) is 0 Å². The number of aliphatic carboxylic acids is 1. The van der Waals surface area contributed by atoms with Crippen molar-refractivity contribution in [2.24, 2.45) is 5.73 Å². The predicted molar refractivity (Wildman–Crippen MR) is 91.5 cm³/mol. The number of aromatic nitrogens is 3. The molecule has 1 fully saturated rings. The summed E-state index contributed by atoms with van der Waals surface area (Å²) in [4.78, 5) is 29.4. The third kappa shape index (κ3) is 2.82. The maximum absolute atomic E-state index is 11.9. The van der Waals surface area contributed by atoms with E-state index in [1.54, 1.807) is 0 Å². The number of fused-ring (bicyclic) bond motifs is 1. The number of rotatable bonds is 6. The van der Waals surface area contributed by atoms with E-state index in [2.05, 4.69) is 10.1 Å². The van der Waals surface area contributed by atoms with Gasteiger partial charge in [-0.3, -0.25) is 9.69 Å². The Kier molecular flexibility index (Phi) is 4.88. The van der Waals surface area contributed by atoms with Gasteiger partial charge in [0.25, 0.3) is 0 Å². The number of carbonyl (C=O) groups is 2. The van der Waals surface area contributed by atoms with Crippen LogP contribution < -0.4 is 5.73 Å². The maximum atomic E-state index is 11.9. The third-order valence-corrected chi connectivity index (χ3v) is 6.38. The Bertz CT molecular complexity index is 717. The van der Waals surface area contributed by atoms with E-state index in [4.69, 9.17) is 5.73 Å². The molecule has 2 aliphatic rings. The summed E-state index contributed by atoms with van der Waals surface area (Å²) >= 11 is 2.96. The average Bonchev–Trinajstić information content (AvgIpc) is 3.00. The molecule has 3 N–H and O–H groups in total. The molecular weight excluding hydrogens is 350 g/mol. The number of thioether (sulfide) groups is 2. The van der Waals surface area contributed by atoms with E-state index in [1.807, 2.05) is 18.5 Å². The highest BCUT2D eigenvalue weighted by molar-refractivity contribution is 8.01. The van der Waals surface area contributed by atoms with Gasteiger partial charge in [0.2, 0.25) is 5.91 Å². The van der Waals surface area contributed by atoms with Gasteiger partial charge in [0.05, 0.1) is 0 Å². The molecule has 3 heterocycles. The molecule has 0 bridgehead atoms. The number of hydrogen-bond acceptors (Lipinski definition) is 7. The third-order valence-electron chi connectivity index (χ3n) is 3.96. The summed E-state index contributed by atoms with van der Waals surface area (Å²) in [5.41, 5.74) is 6.55. The van der Waals surface area contributed by atoms with E-state index in [-0.39, 0.29) is 17.0 Å². The maximum Gasteiger partial charge on any atom is 0.352 e. The number of carboxylic acid groups (broad SMARTS) is 1. The molecule has 0 radical (unpaired) electrons. The molecule has 2 aliphatic heterocycles. The van der Waals surface area contributed by atoms with Crippen LogP contribution in [-0.4, -0.2) is 59.6 Å². The van der Waals surface area contributed by atoms with Crippen molar-refractivity contribution >= 4 is 35.4 Å². The van der Waals surface area contributed by atoms with Crippen molar-refractivity contribution in [3.8, 4) is 0 Å². The largest absolute Gasteiger partial charge is 0.477 e. The molecule has 2 unspecified atom stereocenters. The normalized spacial score (nSPS) is 23.3. The zero-order chi connectivity index (χ0) is 17.4. The van der Waals surface area contributed by atoms with Gasteiger partial charge in [0, 0.05) is 24.5 Å². The van der Waals surface area contributed by atoms with Crippen LogP contribution in [0.15, 0.2) is 16.4 Å². The lowest BCUT2D eigenvalue weighted by Gasteiger charge is -2.48. The van der Waals surface area contributed by atoms with Crippen molar-refractivity contribution in [1.29, 1.82) is 0 Å². The van der Waals surface area contributed by atoms with Crippen LogP contribution in [0, 0.1) is 0 Å².